The number of nitrogens with zero attached hydrogens (tertiary/aromatic N) is 3. The average molecular weight is 483 g/mol. The summed E-state index contributed by atoms with van der Waals surface area (Å²) in [6, 6.07) is 18.1. The summed E-state index contributed by atoms with van der Waals surface area (Å²) in [5.41, 5.74) is 13.1. The number of hydrogen-bond donors (Lipinski definition) is 3. The van der Waals surface area contributed by atoms with Crippen molar-refractivity contribution < 1.29 is 4.79 Å². The standard InChI is InChI=1S/C27H26N6OS/c1-29-21(13-16-7-4-3-5-8-16)23-19(28)12-11-18-15-31-27(33-24(18)23)32-20-10-6-9-17-14-22(26(34)30-2)35-25(17)20/h3-10,14-15H,11-13,28H2,1-2H3,(H,30,34)(H,31,32,33). The van der Waals surface area contributed by atoms with E-state index in [-0.39, 0.29) is 5.91 Å². The molecule has 8 heteroatoms. The van der Waals surface area contributed by atoms with Crippen LogP contribution < -0.4 is 16.4 Å². The molecule has 2 heterocycles. The number of carbonyl (C=O) groups is 1. The highest BCUT2D eigenvalue weighted by molar-refractivity contribution is 7.21. The molecule has 0 unspecified atom stereocenters. The van der Waals surface area contributed by atoms with E-state index in [2.05, 4.69) is 32.7 Å². The van der Waals surface area contributed by atoms with Crippen molar-refractivity contribution in [1.29, 1.82) is 0 Å². The fourth-order valence-corrected chi connectivity index (χ4v) is 5.39. The normalized spacial score (nSPS) is 13.6. The summed E-state index contributed by atoms with van der Waals surface area (Å²) >= 11 is 1.44. The lowest BCUT2D eigenvalue weighted by molar-refractivity contribution is 0.0967. The molecule has 0 bridgehead atoms. The molecule has 2 aromatic heterocycles. The highest BCUT2D eigenvalue weighted by Gasteiger charge is 2.24. The van der Waals surface area contributed by atoms with Crippen LogP contribution in [-0.4, -0.2) is 35.7 Å². The number of amides is 1. The minimum Gasteiger partial charge on any atom is -0.401 e. The van der Waals surface area contributed by atoms with Crippen LogP contribution in [0.15, 0.2) is 71.5 Å². The maximum Gasteiger partial charge on any atom is 0.261 e. The van der Waals surface area contributed by atoms with Crippen LogP contribution in [0.5, 0.6) is 0 Å². The van der Waals surface area contributed by atoms with Crippen LogP contribution in [0.3, 0.4) is 0 Å². The number of allylic oxidation sites excluding steroid dienone is 2. The number of carbonyl (C=O) groups excluding carboxylic acids is 1. The number of fused-ring (bicyclic) bond motifs is 2. The molecule has 176 valence electrons. The first-order valence-corrected chi connectivity index (χ1v) is 12.3. The largest absolute Gasteiger partial charge is 0.401 e. The summed E-state index contributed by atoms with van der Waals surface area (Å²) in [6.07, 6.45) is 4.10. The maximum absolute atomic E-state index is 12.1. The number of rotatable bonds is 6. The van der Waals surface area contributed by atoms with Crippen LogP contribution in [-0.2, 0) is 12.8 Å². The van der Waals surface area contributed by atoms with E-state index in [9.17, 15) is 4.79 Å². The fraction of sp³-hybridized carbons (Fsp3) is 0.185. The summed E-state index contributed by atoms with van der Waals surface area (Å²) in [5.74, 6) is 0.380. The molecule has 4 N–H and O–H groups in total. The molecule has 1 amide bonds. The molecule has 7 nitrogen and oxygen atoms in total. The van der Waals surface area contributed by atoms with Gasteiger partial charge < -0.3 is 16.4 Å². The Bertz CT molecular complexity index is 1470. The minimum atomic E-state index is -0.0998. The second-order valence-corrected chi connectivity index (χ2v) is 9.39. The molecule has 0 saturated heterocycles. The molecule has 0 radical (unpaired) electrons. The van der Waals surface area contributed by atoms with Gasteiger partial charge in [0.05, 0.1) is 21.0 Å². The van der Waals surface area contributed by atoms with Crippen molar-refractivity contribution in [3.63, 3.8) is 0 Å². The molecule has 1 aliphatic rings. The SMILES string of the molecule is CN=C(Cc1ccccc1)C1=C(N)CCc2cnc(Nc3cccc4cc(C(=O)NC)sc34)nc21. The van der Waals surface area contributed by atoms with E-state index in [1.165, 1.54) is 16.9 Å². The second kappa shape index (κ2) is 9.68. The topological polar surface area (TPSA) is 105 Å². The molecular weight excluding hydrogens is 456 g/mol. The lowest BCUT2D eigenvalue weighted by Gasteiger charge is -2.22. The summed E-state index contributed by atoms with van der Waals surface area (Å²) in [4.78, 5) is 26.9. The molecule has 0 spiro atoms. The van der Waals surface area contributed by atoms with Gasteiger partial charge in [0.1, 0.15) is 0 Å². The van der Waals surface area contributed by atoms with Gasteiger partial charge in [-0.25, -0.2) is 9.97 Å². The molecule has 0 fully saturated rings. The third kappa shape index (κ3) is 4.52. The number of aryl methyl sites for hydroxylation is 1. The molecular formula is C27H26N6OS. The summed E-state index contributed by atoms with van der Waals surface area (Å²) in [7, 11) is 3.43. The van der Waals surface area contributed by atoms with Gasteiger partial charge in [-0.05, 0) is 41.5 Å². The van der Waals surface area contributed by atoms with Crippen LogP contribution in [0.1, 0.15) is 32.9 Å². The number of nitrogens with two attached hydrogens (primary N) is 1. The number of anilines is 2. The van der Waals surface area contributed by atoms with Gasteiger partial charge in [0.25, 0.3) is 5.91 Å². The first-order valence-electron chi connectivity index (χ1n) is 11.4. The average Bonchev–Trinajstić information content (AvgIpc) is 3.33. The smallest absolute Gasteiger partial charge is 0.261 e. The van der Waals surface area contributed by atoms with Crippen LogP contribution in [0.2, 0.25) is 0 Å². The lowest BCUT2D eigenvalue weighted by atomic mass is 9.88. The Morgan fingerprint density at radius 3 is 2.74 bits per heavy atom. The van der Waals surface area contributed by atoms with Crippen molar-refractivity contribution in [2.24, 2.45) is 10.7 Å². The van der Waals surface area contributed by atoms with Gasteiger partial charge in [-0.2, -0.15) is 0 Å². The van der Waals surface area contributed by atoms with E-state index in [1.54, 1.807) is 14.1 Å². The van der Waals surface area contributed by atoms with Crippen LogP contribution in [0.25, 0.3) is 15.7 Å². The lowest BCUT2D eigenvalue weighted by Crippen LogP contribution is -2.20. The molecule has 5 rings (SSSR count). The summed E-state index contributed by atoms with van der Waals surface area (Å²) in [5, 5.41) is 7.04. The number of nitrogens with one attached hydrogen (secondary N) is 2. The van der Waals surface area contributed by atoms with Crippen LogP contribution >= 0.6 is 11.3 Å². The van der Waals surface area contributed by atoms with Gasteiger partial charge in [-0.15, -0.1) is 11.3 Å². The van der Waals surface area contributed by atoms with Crippen molar-refractivity contribution in [1.82, 2.24) is 15.3 Å². The Labute approximate surface area is 207 Å². The number of aliphatic imine (C=N–C) groups is 1. The van der Waals surface area contributed by atoms with Crippen molar-refractivity contribution in [3.05, 3.63) is 88.2 Å². The monoisotopic (exact) mass is 482 g/mol. The van der Waals surface area contributed by atoms with Crippen molar-refractivity contribution >= 4 is 50.3 Å². The van der Waals surface area contributed by atoms with Gasteiger partial charge in [0.15, 0.2) is 0 Å². The highest BCUT2D eigenvalue weighted by Crippen LogP contribution is 2.35. The van der Waals surface area contributed by atoms with E-state index in [0.29, 0.717) is 17.2 Å². The first-order chi connectivity index (χ1) is 17.1. The zero-order valence-corrected chi connectivity index (χ0v) is 20.4. The summed E-state index contributed by atoms with van der Waals surface area (Å²) < 4.78 is 0.975. The predicted octanol–water partition coefficient (Wildman–Crippen LogP) is 4.72. The van der Waals surface area contributed by atoms with Crippen LogP contribution in [0, 0.1) is 0 Å². The Kier molecular flexibility index (Phi) is 6.29. The minimum absolute atomic E-state index is 0.0998. The zero-order valence-electron chi connectivity index (χ0n) is 19.6. The number of aromatic nitrogens is 2. The van der Waals surface area contributed by atoms with E-state index in [4.69, 9.17) is 10.7 Å². The maximum atomic E-state index is 12.1. The first kappa shape index (κ1) is 22.7. The Morgan fingerprint density at radius 1 is 1.14 bits per heavy atom. The van der Waals surface area contributed by atoms with E-state index in [1.807, 2.05) is 48.7 Å². The van der Waals surface area contributed by atoms with Crippen molar-refractivity contribution in [2.75, 3.05) is 19.4 Å². The molecule has 0 aliphatic heterocycles. The summed E-state index contributed by atoms with van der Waals surface area (Å²) in [6.45, 7) is 0. The van der Waals surface area contributed by atoms with Crippen LogP contribution in [0.4, 0.5) is 11.6 Å². The highest BCUT2D eigenvalue weighted by atomic mass is 32.1. The molecule has 0 saturated carbocycles. The fourth-order valence-electron chi connectivity index (χ4n) is 4.32. The molecule has 2 aromatic carbocycles. The number of benzene rings is 2. The van der Waals surface area contributed by atoms with Gasteiger partial charge in [-0.3, -0.25) is 9.79 Å². The number of hydrogen-bond acceptors (Lipinski definition) is 7. The third-order valence-electron chi connectivity index (χ3n) is 6.10. The Morgan fingerprint density at radius 2 is 1.97 bits per heavy atom. The van der Waals surface area contributed by atoms with E-state index >= 15 is 0 Å². The molecule has 4 aromatic rings. The van der Waals surface area contributed by atoms with E-state index in [0.717, 1.165) is 56.9 Å². The van der Waals surface area contributed by atoms with Gasteiger partial charge in [-0.1, -0.05) is 42.5 Å². The third-order valence-corrected chi connectivity index (χ3v) is 7.28. The Hall–Kier alpha value is -4.04. The molecule has 0 atom stereocenters. The number of thiophene rings is 1. The zero-order chi connectivity index (χ0) is 24.4. The quantitative estimate of drug-likeness (QED) is 0.345. The van der Waals surface area contributed by atoms with Crippen molar-refractivity contribution in [2.45, 2.75) is 19.3 Å². The van der Waals surface area contributed by atoms with Crippen molar-refractivity contribution in [3.8, 4) is 0 Å². The van der Waals surface area contributed by atoms with Gasteiger partial charge >= 0.3 is 0 Å². The second-order valence-electron chi connectivity index (χ2n) is 8.34. The van der Waals surface area contributed by atoms with E-state index < -0.39 is 0 Å². The van der Waals surface area contributed by atoms with Gasteiger partial charge in [0.2, 0.25) is 5.95 Å². The predicted molar refractivity (Wildman–Crippen MR) is 143 cm³/mol. The Balaban J connectivity index is 1.50. The molecule has 1 aliphatic carbocycles. The molecule has 35 heavy (non-hydrogen) atoms. The van der Waals surface area contributed by atoms with Gasteiger partial charge in [0, 0.05) is 43.7 Å².